The smallest absolute Gasteiger partial charge is 0.220 e. The van der Waals surface area contributed by atoms with Crippen molar-refractivity contribution in [3.8, 4) is 5.69 Å². The molecule has 1 amide bonds. The van der Waals surface area contributed by atoms with Gasteiger partial charge < -0.3 is 5.32 Å². The second-order valence-electron chi connectivity index (χ2n) is 6.58. The van der Waals surface area contributed by atoms with Crippen molar-refractivity contribution in [3.63, 3.8) is 0 Å². The van der Waals surface area contributed by atoms with E-state index >= 15 is 0 Å². The number of rotatable bonds is 8. The van der Waals surface area contributed by atoms with E-state index in [4.69, 9.17) is 0 Å². The first-order valence-electron chi connectivity index (χ1n) is 9.30. The summed E-state index contributed by atoms with van der Waals surface area (Å²) < 4.78 is 1.82. The number of amides is 1. The van der Waals surface area contributed by atoms with Gasteiger partial charge >= 0.3 is 0 Å². The Morgan fingerprint density at radius 3 is 2.43 bits per heavy atom. The van der Waals surface area contributed by atoms with Crippen molar-refractivity contribution in [2.75, 3.05) is 12.8 Å². The molecule has 3 aromatic rings. The number of nitrogens with zero attached hydrogens (tertiary/aromatic N) is 4. The van der Waals surface area contributed by atoms with Crippen LogP contribution in [-0.2, 0) is 17.6 Å². The Kier molecular flexibility index (Phi) is 6.81. The monoisotopic (exact) mass is 395 g/mol. The molecule has 2 aromatic heterocycles. The molecular formula is C21H25N5OS. The van der Waals surface area contributed by atoms with Crippen LogP contribution in [0.2, 0.25) is 0 Å². The van der Waals surface area contributed by atoms with E-state index in [9.17, 15) is 4.79 Å². The number of aromatic nitrogens is 4. The van der Waals surface area contributed by atoms with Crippen molar-refractivity contribution in [2.24, 2.45) is 0 Å². The molecule has 0 saturated carbocycles. The summed E-state index contributed by atoms with van der Waals surface area (Å²) in [5, 5.41) is 8.00. The maximum atomic E-state index is 12.2. The SMILES string of the molecule is CSc1nc(C)c(CCC(=O)NCCc2ccc(-n3cccn3)cc2)c(C)n1. The molecule has 7 heteroatoms. The van der Waals surface area contributed by atoms with Crippen molar-refractivity contribution in [1.82, 2.24) is 25.1 Å². The van der Waals surface area contributed by atoms with Crippen LogP contribution in [0, 0.1) is 13.8 Å². The Morgan fingerprint density at radius 2 is 1.82 bits per heavy atom. The van der Waals surface area contributed by atoms with E-state index in [2.05, 4.69) is 32.5 Å². The summed E-state index contributed by atoms with van der Waals surface area (Å²) in [6.07, 6.45) is 7.55. The van der Waals surface area contributed by atoms with E-state index in [1.54, 1.807) is 6.20 Å². The van der Waals surface area contributed by atoms with Crippen LogP contribution < -0.4 is 5.32 Å². The minimum atomic E-state index is 0.0564. The minimum absolute atomic E-state index is 0.0564. The van der Waals surface area contributed by atoms with E-state index in [0.29, 0.717) is 19.4 Å². The van der Waals surface area contributed by atoms with Gasteiger partial charge in [0.2, 0.25) is 5.91 Å². The molecule has 3 rings (SSSR count). The molecule has 0 aliphatic rings. The molecule has 0 radical (unpaired) electrons. The topological polar surface area (TPSA) is 72.7 Å². The highest BCUT2D eigenvalue weighted by molar-refractivity contribution is 7.98. The molecule has 0 spiro atoms. The van der Waals surface area contributed by atoms with Crippen molar-refractivity contribution in [1.29, 1.82) is 0 Å². The van der Waals surface area contributed by atoms with Gasteiger partial charge in [-0.15, -0.1) is 0 Å². The summed E-state index contributed by atoms with van der Waals surface area (Å²) in [6, 6.07) is 10.1. The first-order valence-corrected chi connectivity index (χ1v) is 10.5. The molecular weight excluding hydrogens is 370 g/mol. The van der Waals surface area contributed by atoms with E-state index in [1.165, 1.54) is 17.3 Å². The molecule has 146 valence electrons. The van der Waals surface area contributed by atoms with Crippen molar-refractivity contribution in [2.45, 2.75) is 38.3 Å². The average molecular weight is 396 g/mol. The lowest BCUT2D eigenvalue weighted by atomic mass is 10.1. The zero-order chi connectivity index (χ0) is 19.9. The number of carbonyl (C=O) groups excluding carboxylic acids is 1. The lowest BCUT2D eigenvalue weighted by molar-refractivity contribution is -0.121. The van der Waals surface area contributed by atoms with Gasteiger partial charge in [-0.3, -0.25) is 4.79 Å². The van der Waals surface area contributed by atoms with Gasteiger partial charge in [-0.25, -0.2) is 14.6 Å². The Morgan fingerprint density at radius 1 is 1.11 bits per heavy atom. The van der Waals surface area contributed by atoms with Gasteiger partial charge in [-0.2, -0.15) is 5.10 Å². The van der Waals surface area contributed by atoms with E-state index in [0.717, 1.165) is 34.2 Å². The highest BCUT2D eigenvalue weighted by atomic mass is 32.2. The third kappa shape index (κ3) is 5.19. The van der Waals surface area contributed by atoms with E-state index < -0.39 is 0 Å². The van der Waals surface area contributed by atoms with Crippen LogP contribution in [0.3, 0.4) is 0 Å². The number of thioether (sulfide) groups is 1. The molecule has 1 N–H and O–H groups in total. The Labute approximate surface area is 169 Å². The zero-order valence-electron chi connectivity index (χ0n) is 16.5. The van der Waals surface area contributed by atoms with Gasteiger partial charge in [0.1, 0.15) is 0 Å². The number of hydrogen-bond acceptors (Lipinski definition) is 5. The third-order valence-electron chi connectivity index (χ3n) is 4.63. The van der Waals surface area contributed by atoms with Gasteiger partial charge in [0.25, 0.3) is 0 Å². The van der Waals surface area contributed by atoms with Crippen molar-refractivity contribution in [3.05, 3.63) is 65.2 Å². The summed E-state index contributed by atoms with van der Waals surface area (Å²) in [4.78, 5) is 21.1. The Bertz CT molecular complexity index is 899. The fourth-order valence-electron chi connectivity index (χ4n) is 3.07. The summed E-state index contributed by atoms with van der Waals surface area (Å²) in [7, 11) is 0. The van der Waals surface area contributed by atoms with E-state index in [1.807, 2.05) is 49.2 Å². The lowest BCUT2D eigenvalue weighted by Crippen LogP contribution is -2.26. The van der Waals surface area contributed by atoms with Crippen LogP contribution in [0.5, 0.6) is 0 Å². The standard InChI is InChI=1S/C21H25N5OS/c1-15-19(16(2)25-21(24-15)28-3)9-10-20(27)22-13-11-17-5-7-18(8-6-17)26-14-4-12-23-26/h4-8,12,14H,9-11,13H2,1-3H3,(H,22,27). The molecule has 0 bridgehead atoms. The van der Waals surface area contributed by atoms with Crippen LogP contribution in [0.1, 0.15) is 28.9 Å². The predicted molar refractivity (Wildman–Crippen MR) is 112 cm³/mol. The molecule has 2 heterocycles. The molecule has 0 fully saturated rings. The largest absolute Gasteiger partial charge is 0.356 e. The van der Waals surface area contributed by atoms with Gasteiger partial charge in [-0.05, 0) is 62.3 Å². The van der Waals surface area contributed by atoms with Crippen LogP contribution in [0.25, 0.3) is 5.69 Å². The maximum absolute atomic E-state index is 12.2. The molecule has 0 aliphatic heterocycles. The van der Waals surface area contributed by atoms with Gasteiger partial charge in [0.15, 0.2) is 5.16 Å². The van der Waals surface area contributed by atoms with Crippen molar-refractivity contribution < 1.29 is 4.79 Å². The van der Waals surface area contributed by atoms with Gasteiger partial charge in [0.05, 0.1) is 5.69 Å². The van der Waals surface area contributed by atoms with Crippen LogP contribution in [0.4, 0.5) is 0 Å². The summed E-state index contributed by atoms with van der Waals surface area (Å²) in [5.41, 5.74) is 5.20. The highest BCUT2D eigenvalue weighted by Gasteiger charge is 2.10. The molecule has 0 saturated heterocycles. The Balaban J connectivity index is 1.45. The fraction of sp³-hybridized carbons (Fsp3) is 0.333. The summed E-state index contributed by atoms with van der Waals surface area (Å²) in [5.74, 6) is 0.0564. The Hall–Kier alpha value is -2.67. The fourth-order valence-corrected chi connectivity index (χ4v) is 3.53. The average Bonchev–Trinajstić information content (AvgIpc) is 3.22. The summed E-state index contributed by atoms with van der Waals surface area (Å²) in [6.45, 7) is 4.59. The number of aryl methyl sites for hydroxylation is 2. The summed E-state index contributed by atoms with van der Waals surface area (Å²) >= 11 is 1.53. The van der Waals surface area contributed by atoms with Gasteiger partial charge in [0, 0.05) is 36.7 Å². The number of nitrogens with one attached hydrogen (secondary N) is 1. The normalized spacial score (nSPS) is 10.8. The third-order valence-corrected chi connectivity index (χ3v) is 5.17. The van der Waals surface area contributed by atoms with Gasteiger partial charge in [-0.1, -0.05) is 23.9 Å². The molecule has 0 aliphatic carbocycles. The number of benzene rings is 1. The molecule has 28 heavy (non-hydrogen) atoms. The molecule has 0 unspecified atom stereocenters. The van der Waals surface area contributed by atoms with E-state index in [-0.39, 0.29) is 5.91 Å². The number of carbonyl (C=O) groups is 1. The van der Waals surface area contributed by atoms with Crippen molar-refractivity contribution >= 4 is 17.7 Å². The lowest BCUT2D eigenvalue weighted by Gasteiger charge is -2.10. The quantitative estimate of drug-likeness (QED) is 0.468. The molecule has 6 nitrogen and oxygen atoms in total. The predicted octanol–water partition coefficient (Wildman–Crippen LogP) is 3.29. The first-order chi connectivity index (χ1) is 13.6. The zero-order valence-corrected chi connectivity index (χ0v) is 17.3. The first kappa shape index (κ1) is 20.1. The maximum Gasteiger partial charge on any atom is 0.220 e. The second kappa shape index (κ2) is 9.50. The number of hydrogen-bond donors (Lipinski definition) is 1. The molecule has 1 aromatic carbocycles. The molecule has 0 atom stereocenters. The minimum Gasteiger partial charge on any atom is -0.356 e. The van der Waals surface area contributed by atoms with Crippen LogP contribution >= 0.6 is 11.8 Å². The second-order valence-corrected chi connectivity index (χ2v) is 7.35. The van der Waals surface area contributed by atoms with Crippen LogP contribution in [-0.4, -0.2) is 38.5 Å². The highest BCUT2D eigenvalue weighted by Crippen LogP contribution is 2.17. The van der Waals surface area contributed by atoms with Crippen LogP contribution in [0.15, 0.2) is 47.9 Å².